The van der Waals surface area contributed by atoms with Crippen LogP contribution in [-0.2, 0) is 0 Å². The van der Waals surface area contributed by atoms with Gasteiger partial charge in [-0.05, 0) is 62.4 Å². The second-order valence-electron chi connectivity index (χ2n) is 7.74. The highest BCUT2D eigenvalue weighted by Gasteiger charge is 2.18. The first-order chi connectivity index (χ1) is 12.4. The minimum atomic E-state index is 0.214. The van der Waals surface area contributed by atoms with Gasteiger partial charge in [0.1, 0.15) is 11.8 Å². The van der Waals surface area contributed by atoms with Crippen molar-refractivity contribution in [1.29, 1.82) is 0 Å². The van der Waals surface area contributed by atoms with Crippen LogP contribution in [-0.4, -0.2) is 12.6 Å². The van der Waals surface area contributed by atoms with Gasteiger partial charge in [-0.2, -0.15) is 0 Å². The zero-order chi connectivity index (χ0) is 19.1. The van der Waals surface area contributed by atoms with Gasteiger partial charge in [0.2, 0.25) is 0 Å². The molecule has 0 heterocycles. The molecular weight excluding hydrogens is 342 g/mol. The van der Waals surface area contributed by atoms with E-state index in [1.54, 1.807) is 0 Å². The van der Waals surface area contributed by atoms with E-state index >= 15 is 0 Å². The fraction of sp³-hybridized carbons (Fsp3) is 0.478. The number of ether oxygens (including phenoxy) is 1. The lowest BCUT2D eigenvalue weighted by Gasteiger charge is -2.22. The zero-order valence-corrected chi connectivity index (χ0v) is 17.5. The number of rotatable bonds is 9. The summed E-state index contributed by atoms with van der Waals surface area (Å²) in [6, 6.07) is 17.3. The van der Waals surface area contributed by atoms with Gasteiger partial charge < -0.3 is 10.1 Å². The van der Waals surface area contributed by atoms with Gasteiger partial charge >= 0.3 is 0 Å². The SMILES string of the molecule is CC(C)Oc1ccc([C@H](CC[NH2+][C@@H](C)c2ccc(Cl)cc2)C(C)C)cc1. The lowest BCUT2D eigenvalue weighted by Crippen LogP contribution is -2.84. The first-order valence-electron chi connectivity index (χ1n) is 9.72. The summed E-state index contributed by atoms with van der Waals surface area (Å²) in [6.45, 7) is 12.1. The van der Waals surface area contributed by atoms with Crippen LogP contribution in [0.25, 0.3) is 0 Å². The van der Waals surface area contributed by atoms with Crippen LogP contribution >= 0.6 is 11.6 Å². The second-order valence-corrected chi connectivity index (χ2v) is 8.18. The Labute approximate surface area is 163 Å². The molecule has 2 aromatic rings. The molecule has 2 N–H and O–H groups in total. The van der Waals surface area contributed by atoms with Gasteiger partial charge in [-0.1, -0.05) is 49.7 Å². The van der Waals surface area contributed by atoms with Gasteiger partial charge in [0, 0.05) is 17.0 Å². The first-order valence-corrected chi connectivity index (χ1v) is 10.1. The molecule has 2 atom stereocenters. The molecular formula is C23H33ClNO+. The van der Waals surface area contributed by atoms with Crippen LogP contribution in [0.15, 0.2) is 48.5 Å². The number of halogens is 1. The molecule has 0 radical (unpaired) electrons. The average molecular weight is 375 g/mol. The first kappa shape index (κ1) is 20.8. The van der Waals surface area contributed by atoms with Crippen LogP contribution in [0.2, 0.25) is 5.02 Å². The Bertz CT molecular complexity index is 649. The number of hydrogen-bond acceptors (Lipinski definition) is 1. The Morgan fingerprint density at radius 3 is 1.96 bits per heavy atom. The van der Waals surface area contributed by atoms with E-state index in [1.807, 2.05) is 12.1 Å². The fourth-order valence-electron chi connectivity index (χ4n) is 3.38. The Hall–Kier alpha value is -1.51. The van der Waals surface area contributed by atoms with Crippen LogP contribution < -0.4 is 10.1 Å². The topological polar surface area (TPSA) is 25.8 Å². The highest BCUT2D eigenvalue weighted by atomic mass is 35.5. The van der Waals surface area contributed by atoms with Crippen molar-refractivity contribution < 1.29 is 10.1 Å². The number of nitrogens with two attached hydrogens (primary N) is 1. The Morgan fingerprint density at radius 2 is 1.42 bits per heavy atom. The van der Waals surface area contributed by atoms with Gasteiger partial charge in [-0.15, -0.1) is 0 Å². The average Bonchev–Trinajstić information content (AvgIpc) is 2.59. The molecule has 0 aromatic heterocycles. The highest BCUT2D eigenvalue weighted by molar-refractivity contribution is 6.30. The third kappa shape index (κ3) is 6.34. The van der Waals surface area contributed by atoms with Crippen LogP contribution in [0.1, 0.15) is 64.1 Å². The molecule has 0 aliphatic heterocycles. The molecule has 0 unspecified atom stereocenters. The highest BCUT2D eigenvalue weighted by Crippen LogP contribution is 2.29. The third-order valence-corrected chi connectivity index (χ3v) is 5.13. The predicted octanol–water partition coefficient (Wildman–Crippen LogP) is 5.58. The summed E-state index contributed by atoms with van der Waals surface area (Å²) in [5, 5.41) is 3.22. The summed E-state index contributed by atoms with van der Waals surface area (Å²) in [5.74, 6) is 2.14. The zero-order valence-electron chi connectivity index (χ0n) is 16.7. The molecule has 0 aliphatic carbocycles. The molecule has 0 bridgehead atoms. The van der Waals surface area contributed by atoms with Crippen molar-refractivity contribution in [3.8, 4) is 5.75 Å². The molecule has 2 nitrogen and oxygen atoms in total. The Balaban J connectivity index is 1.92. The maximum Gasteiger partial charge on any atom is 0.119 e. The molecule has 0 saturated heterocycles. The molecule has 0 saturated carbocycles. The van der Waals surface area contributed by atoms with E-state index in [1.165, 1.54) is 17.5 Å². The van der Waals surface area contributed by atoms with E-state index in [-0.39, 0.29) is 6.10 Å². The fourth-order valence-corrected chi connectivity index (χ4v) is 3.50. The Kier molecular flexibility index (Phi) is 7.99. The van der Waals surface area contributed by atoms with E-state index in [9.17, 15) is 0 Å². The van der Waals surface area contributed by atoms with Crippen molar-refractivity contribution in [3.63, 3.8) is 0 Å². The smallest absolute Gasteiger partial charge is 0.119 e. The minimum absolute atomic E-state index is 0.214. The van der Waals surface area contributed by atoms with Crippen molar-refractivity contribution in [1.82, 2.24) is 0 Å². The lowest BCUT2D eigenvalue weighted by molar-refractivity contribution is -0.693. The Morgan fingerprint density at radius 1 is 0.846 bits per heavy atom. The maximum atomic E-state index is 5.98. The third-order valence-electron chi connectivity index (χ3n) is 4.88. The standard InChI is InChI=1S/C23H32ClNO/c1-16(2)23(20-8-12-22(13-9-20)26-17(3)4)14-15-25-18(5)19-6-10-21(24)11-7-19/h6-13,16-18,23,25H,14-15H2,1-5H3/p+1/t18-,23+/m0/s1. The van der Waals surface area contributed by atoms with E-state index in [4.69, 9.17) is 16.3 Å². The summed E-state index contributed by atoms with van der Waals surface area (Å²) in [7, 11) is 0. The van der Waals surface area contributed by atoms with Crippen LogP contribution in [0, 0.1) is 5.92 Å². The van der Waals surface area contributed by atoms with Gasteiger partial charge in [-0.25, -0.2) is 0 Å². The molecule has 0 amide bonds. The van der Waals surface area contributed by atoms with Gasteiger partial charge in [0.05, 0.1) is 12.6 Å². The van der Waals surface area contributed by atoms with E-state index < -0.39 is 0 Å². The number of hydrogen-bond donors (Lipinski definition) is 1. The van der Waals surface area contributed by atoms with Crippen molar-refractivity contribution in [3.05, 3.63) is 64.7 Å². The normalized spacial score (nSPS) is 13.8. The molecule has 142 valence electrons. The quantitative estimate of drug-likeness (QED) is 0.609. The number of quaternary nitrogens is 1. The number of benzene rings is 2. The molecule has 3 heteroatoms. The molecule has 2 aromatic carbocycles. The molecule has 0 fully saturated rings. The second kappa shape index (κ2) is 9.99. The van der Waals surface area contributed by atoms with Crippen LogP contribution in [0.5, 0.6) is 5.75 Å². The van der Waals surface area contributed by atoms with Crippen molar-refractivity contribution in [2.45, 2.75) is 59.1 Å². The van der Waals surface area contributed by atoms with E-state index in [0.29, 0.717) is 17.9 Å². The van der Waals surface area contributed by atoms with Crippen molar-refractivity contribution in [2.75, 3.05) is 6.54 Å². The summed E-state index contributed by atoms with van der Waals surface area (Å²) in [6.07, 6.45) is 1.38. The predicted molar refractivity (Wildman–Crippen MR) is 111 cm³/mol. The molecule has 0 aliphatic rings. The largest absolute Gasteiger partial charge is 0.491 e. The summed E-state index contributed by atoms with van der Waals surface area (Å²) >= 11 is 5.98. The van der Waals surface area contributed by atoms with Crippen molar-refractivity contribution >= 4 is 11.6 Å². The minimum Gasteiger partial charge on any atom is -0.491 e. The maximum absolute atomic E-state index is 5.98. The van der Waals surface area contributed by atoms with Crippen molar-refractivity contribution in [2.24, 2.45) is 5.92 Å². The van der Waals surface area contributed by atoms with E-state index in [0.717, 1.165) is 17.3 Å². The molecule has 0 spiro atoms. The lowest BCUT2D eigenvalue weighted by atomic mass is 9.85. The van der Waals surface area contributed by atoms with Crippen LogP contribution in [0.3, 0.4) is 0 Å². The van der Waals surface area contributed by atoms with Gasteiger partial charge in [0.25, 0.3) is 0 Å². The monoisotopic (exact) mass is 374 g/mol. The van der Waals surface area contributed by atoms with Gasteiger partial charge in [-0.3, -0.25) is 0 Å². The summed E-state index contributed by atoms with van der Waals surface area (Å²) < 4.78 is 5.76. The van der Waals surface area contributed by atoms with Gasteiger partial charge in [0.15, 0.2) is 0 Å². The molecule has 26 heavy (non-hydrogen) atoms. The summed E-state index contributed by atoms with van der Waals surface area (Å²) in [4.78, 5) is 0. The van der Waals surface area contributed by atoms with E-state index in [2.05, 4.69) is 76.3 Å². The molecule has 2 rings (SSSR count). The summed E-state index contributed by atoms with van der Waals surface area (Å²) in [5.41, 5.74) is 2.73. The van der Waals surface area contributed by atoms with Crippen LogP contribution in [0.4, 0.5) is 0 Å².